The van der Waals surface area contributed by atoms with Gasteiger partial charge in [-0.25, -0.2) is 4.79 Å². The molecular formula is C26H23F3N6O2. The van der Waals surface area contributed by atoms with Crippen LogP contribution in [-0.4, -0.2) is 30.6 Å². The van der Waals surface area contributed by atoms with E-state index in [0.29, 0.717) is 6.54 Å². The van der Waals surface area contributed by atoms with Gasteiger partial charge in [-0.2, -0.15) is 23.4 Å². The molecule has 37 heavy (non-hydrogen) atoms. The number of ether oxygens (including phenoxy) is 1. The Morgan fingerprint density at radius 1 is 1.00 bits per heavy atom. The lowest BCUT2D eigenvalue weighted by Crippen LogP contribution is -2.27. The van der Waals surface area contributed by atoms with Crippen LogP contribution in [0.3, 0.4) is 0 Å². The molecule has 2 N–H and O–H groups in total. The summed E-state index contributed by atoms with van der Waals surface area (Å²) in [4.78, 5) is 15.4. The van der Waals surface area contributed by atoms with Gasteiger partial charge < -0.3 is 15.0 Å². The molecule has 190 valence electrons. The van der Waals surface area contributed by atoms with Crippen molar-refractivity contribution in [1.29, 1.82) is 0 Å². The third kappa shape index (κ3) is 5.83. The monoisotopic (exact) mass is 508 g/mol. The van der Waals surface area contributed by atoms with Crippen molar-refractivity contribution in [3.63, 3.8) is 0 Å². The van der Waals surface area contributed by atoms with E-state index in [1.807, 2.05) is 55.6 Å². The quantitative estimate of drug-likeness (QED) is 0.313. The van der Waals surface area contributed by atoms with Crippen LogP contribution in [-0.2, 0) is 25.8 Å². The smallest absolute Gasteiger partial charge is 0.406 e. The Morgan fingerprint density at radius 3 is 2.38 bits per heavy atom. The summed E-state index contributed by atoms with van der Waals surface area (Å²) in [5.41, 5.74) is 3.26. The molecule has 0 saturated heterocycles. The van der Waals surface area contributed by atoms with E-state index in [1.165, 1.54) is 0 Å². The fourth-order valence-corrected chi connectivity index (χ4v) is 3.96. The lowest BCUT2D eigenvalue weighted by atomic mass is 10.1. The normalized spacial score (nSPS) is 11.7. The molecule has 0 saturated carbocycles. The van der Waals surface area contributed by atoms with Crippen LogP contribution < -0.4 is 10.1 Å². The molecule has 5 aromatic rings. The first-order valence-corrected chi connectivity index (χ1v) is 11.5. The molecule has 0 fully saturated rings. The van der Waals surface area contributed by atoms with E-state index in [2.05, 4.69) is 20.5 Å². The number of aromatic amines is 1. The molecular weight excluding hydrogens is 485 g/mol. The zero-order valence-electron chi connectivity index (χ0n) is 19.8. The van der Waals surface area contributed by atoms with E-state index >= 15 is 0 Å². The minimum Gasteiger partial charge on any atom is -0.406 e. The SMILES string of the molecule is Cc1cnn(Cc2ccc(Cn3cc(OC(=O)NCc4ccc5[nH]ccc5c4)c(C(F)(F)F)n3)cc2)c1. The first-order chi connectivity index (χ1) is 17.7. The Morgan fingerprint density at radius 2 is 1.70 bits per heavy atom. The number of carbonyl (C=O) groups excluding carboxylic acids is 1. The van der Waals surface area contributed by atoms with Gasteiger partial charge >= 0.3 is 12.3 Å². The lowest BCUT2D eigenvalue weighted by molar-refractivity contribution is -0.142. The van der Waals surface area contributed by atoms with Crippen LogP contribution >= 0.6 is 0 Å². The van der Waals surface area contributed by atoms with Crippen LogP contribution in [0, 0.1) is 6.92 Å². The number of carbonyl (C=O) groups is 1. The molecule has 3 aromatic heterocycles. The number of amides is 1. The number of fused-ring (bicyclic) bond motifs is 1. The topological polar surface area (TPSA) is 89.8 Å². The maximum atomic E-state index is 13.6. The van der Waals surface area contributed by atoms with Crippen LogP contribution in [0.1, 0.15) is 27.9 Å². The number of halogens is 3. The first-order valence-electron chi connectivity index (χ1n) is 11.5. The van der Waals surface area contributed by atoms with Gasteiger partial charge in [0.05, 0.1) is 25.5 Å². The Hall–Kier alpha value is -4.54. The minimum absolute atomic E-state index is 0.0753. The first kappa shape index (κ1) is 24.2. The standard InChI is InChI=1S/C26H23F3N6O2/c1-17-11-32-34(13-17)14-18-2-4-19(5-3-18)15-35-16-23(24(33-35)26(27,28)29)37-25(36)31-12-20-6-7-22-21(10-20)8-9-30-22/h2-11,13,16,30H,12,14-15H2,1H3,(H,31,36). The second-order valence-corrected chi connectivity index (χ2v) is 8.71. The average Bonchev–Trinajstić information content (AvgIpc) is 3.58. The number of aromatic nitrogens is 5. The van der Waals surface area contributed by atoms with Gasteiger partial charge in [-0.15, -0.1) is 0 Å². The summed E-state index contributed by atoms with van der Waals surface area (Å²) < 4.78 is 48.7. The van der Waals surface area contributed by atoms with E-state index < -0.39 is 23.7 Å². The van der Waals surface area contributed by atoms with Crippen molar-refractivity contribution in [1.82, 2.24) is 29.9 Å². The molecule has 2 aromatic carbocycles. The van der Waals surface area contributed by atoms with E-state index in [1.54, 1.807) is 23.1 Å². The van der Waals surface area contributed by atoms with Crippen LogP contribution in [0.25, 0.3) is 10.9 Å². The number of H-pyrrole nitrogens is 1. The molecule has 5 rings (SSSR count). The summed E-state index contributed by atoms with van der Waals surface area (Å²) in [7, 11) is 0. The van der Waals surface area contributed by atoms with Gasteiger partial charge in [0, 0.05) is 24.5 Å². The van der Waals surface area contributed by atoms with Crippen molar-refractivity contribution in [2.24, 2.45) is 0 Å². The lowest BCUT2D eigenvalue weighted by Gasteiger charge is -2.08. The van der Waals surface area contributed by atoms with Gasteiger partial charge in [-0.1, -0.05) is 30.3 Å². The summed E-state index contributed by atoms with van der Waals surface area (Å²) in [5, 5.41) is 11.3. The maximum absolute atomic E-state index is 13.6. The van der Waals surface area contributed by atoms with E-state index in [9.17, 15) is 18.0 Å². The van der Waals surface area contributed by atoms with Crippen molar-refractivity contribution in [3.05, 3.63) is 101 Å². The Balaban J connectivity index is 1.24. The van der Waals surface area contributed by atoms with Crippen molar-refractivity contribution in [2.45, 2.75) is 32.7 Å². The zero-order valence-corrected chi connectivity index (χ0v) is 19.8. The van der Waals surface area contributed by atoms with Crippen LogP contribution in [0.4, 0.5) is 18.0 Å². The fraction of sp³-hybridized carbons (Fsp3) is 0.192. The van der Waals surface area contributed by atoms with Crippen LogP contribution in [0.5, 0.6) is 5.75 Å². The molecule has 0 aliphatic carbocycles. The number of hydrogen-bond donors (Lipinski definition) is 2. The Labute approximate surface area is 209 Å². The molecule has 0 atom stereocenters. The van der Waals surface area contributed by atoms with Gasteiger partial charge in [0.2, 0.25) is 5.69 Å². The van der Waals surface area contributed by atoms with Gasteiger partial charge in [0.15, 0.2) is 5.75 Å². The highest BCUT2D eigenvalue weighted by molar-refractivity contribution is 5.80. The number of hydrogen-bond acceptors (Lipinski definition) is 4. The number of benzene rings is 2. The number of nitrogens with zero attached hydrogens (tertiary/aromatic N) is 4. The highest BCUT2D eigenvalue weighted by Crippen LogP contribution is 2.35. The van der Waals surface area contributed by atoms with Crippen molar-refractivity contribution >= 4 is 17.0 Å². The number of rotatable bonds is 7. The highest BCUT2D eigenvalue weighted by Gasteiger charge is 2.39. The Kier molecular flexibility index (Phi) is 6.43. The van der Waals surface area contributed by atoms with Crippen molar-refractivity contribution in [2.75, 3.05) is 0 Å². The molecule has 8 nitrogen and oxygen atoms in total. The minimum atomic E-state index is -4.79. The second kappa shape index (κ2) is 9.84. The predicted octanol–water partition coefficient (Wildman–Crippen LogP) is 5.27. The second-order valence-electron chi connectivity index (χ2n) is 8.71. The highest BCUT2D eigenvalue weighted by atomic mass is 19.4. The third-order valence-corrected chi connectivity index (χ3v) is 5.73. The molecule has 0 spiro atoms. The fourth-order valence-electron chi connectivity index (χ4n) is 3.96. The van der Waals surface area contributed by atoms with Crippen LogP contribution in [0.15, 0.2) is 73.3 Å². The summed E-state index contributed by atoms with van der Waals surface area (Å²) in [6.07, 6.45) is 0.780. The van der Waals surface area contributed by atoms with Crippen LogP contribution in [0.2, 0.25) is 0 Å². The summed E-state index contributed by atoms with van der Waals surface area (Å²) in [6, 6.07) is 14.8. The van der Waals surface area contributed by atoms with Crippen molar-refractivity contribution in [3.8, 4) is 5.75 Å². The molecule has 3 heterocycles. The van der Waals surface area contributed by atoms with Gasteiger partial charge in [-0.3, -0.25) is 9.36 Å². The summed E-state index contributed by atoms with van der Waals surface area (Å²) in [6.45, 7) is 2.71. The predicted molar refractivity (Wildman–Crippen MR) is 130 cm³/mol. The van der Waals surface area contributed by atoms with Gasteiger partial charge in [-0.05, 0) is 52.8 Å². The number of aryl methyl sites for hydroxylation is 1. The largest absolute Gasteiger partial charge is 0.438 e. The van der Waals surface area contributed by atoms with Gasteiger partial charge in [0.25, 0.3) is 0 Å². The molecule has 1 amide bonds. The molecule has 0 unspecified atom stereocenters. The number of nitrogens with one attached hydrogen (secondary N) is 2. The molecule has 0 aliphatic heterocycles. The van der Waals surface area contributed by atoms with E-state index in [0.717, 1.165) is 44.0 Å². The van der Waals surface area contributed by atoms with E-state index in [-0.39, 0.29) is 13.1 Å². The summed E-state index contributed by atoms with van der Waals surface area (Å²) >= 11 is 0. The molecule has 0 bridgehead atoms. The van der Waals surface area contributed by atoms with Gasteiger partial charge in [0.1, 0.15) is 0 Å². The van der Waals surface area contributed by atoms with E-state index in [4.69, 9.17) is 4.74 Å². The third-order valence-electron chi connectivity index (χ3n) is 5.73. The Bertz CT molecular complexity index is 1530. The maximum Gasteiger partial charge on any atom is 0.438 e. The summed E-state index contributed by atoms with van der Waals surface area (Å²) in [5.74, 6) is -0.656. The molecule has 0 radical (unpaired) electrons. The average molecular weight is 509 g/mol. The molecule has 0 aliphatic rings. The van der Waals surface area contributed by atoms with Crippen molar-refractivity contribution < 1.29 is 22.7 Å². The molecule has 11 heteroatoms. The number of alkyl halides is 3. The zero-order chi connectivity index (χ0) is 26.0.